The highest BCUT2D eigenvalue weighted by Gasteiger charge is 2.49. The van der Waals surface area contributed by atoms with Crippen molar-refractivity contribution in [1.82, 2.24) is 5.32 Å². The van der Waals surface area contributed by atoms with Crippen molar-refractivity contribution in [2.24, 2.45) is 11.8 Å². The van der Waals surface area contributed by atoms with Crippen LogP contribution in [0.3, 0.4) is 0 Å². The molecule has 13 heteroatoms. The summed E-state index contributed by atoms with van der Waals surface area (Å²) in [4.78, 5) is 42.2. The Labute approximate surface area is 276 Å². The second kappa shape index (κ2) is 13.4. The minimum absolute atomic E-state index is 0.159. The van der Waals surface area contributed by atoms with Crippen LogP contribution in [0.25, 0.3) is 0 Å². The number of hydrogen-bond acceptors (Lipinski definition) is 7. The van der Waals surface area contributed by atoms with Crippen molar-refractivity contribution in [3.8, 4) is 0 Å². The molecule has 256 valence electrons. The molecular weight excluding hydrogens is 627 g/mol. The normalized spacial score (nSPS) is 21.4. The average molecular weight is 673 g/mol. The number of nitrogens with one attached hydrogen (secondary N) is 3. The lowest BCUT2D eigenvalue weighted by Crippen LogP contribution is -2.49. The Morgan fingerprint density at radius 2 is 1.72 bits per heavy atom. The van der Waals surface area contributed by atoms with Gasteiger partial charge in [-0.2, -0.15) is 0 Å². The zero-order chi connectivity index (χ0) is 34.1. The summed E-state index contributed by atoms with van der Waals surface area (Å²) >= 11 is 0. The molecule has 2 fully saturated rings. The largest absolute Gasteiger partial charge is 0.443 e. The SMILES string of the molecule is CC1CCC([C@H](NC(=O)c2cccc(NS(C)(=O)=O)c2)C(=O)Nc2cc(F)c3c(c2)N(C(=O)OC(C)(C)C)CC32CCOCC2)CC1. The van der Waals surface area contributed by atoms with E-state index in [4.69, 9.17) is 9.47 Å². The van der Waals surface area contributed by atoms with E-state index in [1.807, 2.05) is 0 Å². The third kappa shape index (κ3) is 8.24. The molecule has 2 aliphatic heterocycles. The van der Waals surface area contributed by atoms with Crippen molar-refractivity contribution in [2.75, 3.05) is 41.0 Å². The van der Waals surface area contributed by atoms with Gasteiger partial charge in [0.2, 0.25) is 15.9 Å². The summed E-state index contributed by atoms with van der Waals surface area (Å²) in [7, 11) is -3.56. The molecule has 1 saturated heterocycles. The van der Waals surface area contributed by atoms with E-state index in [-0.39, 0.29) is 29.4 Å². The minimum Gasteiger partial charge on any atom is -0.443 e. The van der Waals surface area contributed by atoms with Crippen molar-refractivity contribution in [3.63, 3.8) is 0 Å². The van der Waals surface area contributed by atoms with Gasteiger partial charge in [-0.25, -0.2) is 17.6 Å². The van der Waals surface area contributed by atoms with E-state index in [1.54, 1.807) is 32.9 Å². The number of carbonyl (C=O) groups is 3. The first-order chi connectivity index (χ1) is 22.0. The molecule has 3 aliphatic rings. The predicted octanol–water partition coefficient (Wildman–Crippen LogP) is 5.56. The third-order valence-corrected chi connectivity index (χ3v) is 9.82. The van der Waals surface area contributed by atoms with Crippen LogP contribution in [0, 0.1) is 17.7 Å². The molecule has 11 nitrogen and oxygen atoms in total. The maximum Gasteiger partial charge on any atom is 0.414 e. The van der Waals surface area contributed by atoms with Gasteiger partial charge in [0.1, 0.15) is 17.5 Å². The van der Waals surface area contributed by atoms with Gasteiger partial charge in [-0.3, -0.25) is 19.2 Å². The van der Waals surface area contributed by atoms with Crippen molar-refractivity contribution >= 4 is 45.0 Å². The molecule has 1 spiro atoms. The Morgan fingerprint density at radius 3 is 2.36 bits per heavy atom. The van der Waals surface area contributed by atoms with Crippen LogP contribution >= 0.6 is 0 Å². The molecule has 0 bridgehead atoms. The highest BCUT2D eigenvalue weighted by molar-refractivity contribution is 7.92. The Hall–Kier alpha value is -3.71. The molecule has 3 amide bonds. The molecule has 3 N–H and O–H groups in total. The average Bonchev–Trinajstić information content (AvgIpc) is 3.28. The molecule has 1 aliphatic carbocycles. The summed E-state index contributed by atoms with van der Waals surface area (Å²) in [6.07, 6.45) is 4.70. The zero-order valence-electron chi connectivity index (χ0n) is 27.7. The van der Waals surface area contributed by atoms with Crippen LogP contribution in [0.1, 0.15) is 82.1 Å². The molecule has 2 aromatic carbocycles. The van der Waals surface area contributed by atoms with Crippen molar-refractivity contribution in [2.45, 2.75) is 83.3 Å². The van der Waals surface area contributed by atoms with Gasteiger partial charge in [0, 0.05) is 47.7 Å². The monoisotopic (exact) mass is 672 g/mol. The fourth-order valence-corrected chi connectivity index (χ4v) is 7.47. The molecule has 1 atom stereocenters. The van der Waals surface area contributed by atoms with Crippen molar-refractivity contribution in [3.05, 3.63) is 53.3 Å². The van der Waals surface area contributed by atoms with Gasteiger partial charge in [0.25, 0.3) is 5.91 Å². The number of fused-ring (bicyclic) bond motifs is 2. The number of ether oxygens (including phenoxy) is 2. The van der Waals surface area contributed by atoms with Crippen LogP contribution < -0.4 is 20.3 Å². The number of anilines is 3. The highest BCUT2D eigenvalue weighted by atomic mass is 32.2. The summed E-state index contributed by atoms with van der Waals surface area (Å²) in [5.74, 6) is -1.26. The van der Waals surface area contributed by atoms with Gasteiger partial charge in [-0.05, 0) is 88.6 Å². The van der Waals surface area contributed by atoms with Gasteiger partial charge in [-0.15, -0.1) is 0 Å². The maximum absolute atomic E-state index is 16.1. The van der Waals surface area contributed by atoms with Crippen molar-refractivity contribution in [1.29, 1.82) is 0 Å². The number of halogens is 1. The molecule has 2 aromatic rings. The van der Waals surface area contributed by atoms with E-state index < -0.39 is 50.8 Å². The van der Waals surface area contributed by atoms with Crippen LogP contribution in [0.15, 0.2) is 36.4 Å². The number of carbonyl (C=O) groups excluding carboxylic acids is 3. The van der Waals surface area contributed by atoms with E-state index in [1.165, 1.54) is 29.2 Å². The van der Waals surface area contributed by atoms with Gasteiger partial charge in [0.15, 0.2) is 0 Å². The molecule has 0 unspecified atom stereocenters. The number of amides is 3. The lowest BCUT2D eigenvalue weighted by Gasteiger charge is -2.34. The van der Waals surface area contributed by atoms with E-state index in [0.717, 1.165) is 19.1 Å². The van der Waals surface area contributed by atoms with Crippen LogP contribution in [-0.4, -0.2) is 64.0 Å². The first kappa shape index (κ1) is 34.6. The summed E-state index contributed by atoms with van der Waals surface area (Å²) in [6.45, 7) is 8.56. The highest BCUT2D eigenvalue weighted by Crippen LogP contribution is 2.49. The summed E-state index contributed by atoms with van der Waals surface area (Å²) in [5.41, 5.74) is -0.0793. The van der Waals surface area contributed by atoms with Gasteiger partial charge >= 0.3 is 6.09 Å². The van der Waals surface area contributed by atoms with Crippen LogP contribution in [0.4, 0.5) is 26.2 Å². The fourth-order valence-electron chi connectivity index (χ4n) is 6.92. The van der Waals surface area contributed by atoms with Crippen LogP contribution in [-0.2, 0) is 29.7 Å². The molecule has 2 heterocycles. The lowest BCUT2D eigenvalue weighted by molar-refractivity contribution is -0.119. The molecule has 0 radical (unpaired) electrons. The number of benzene rings is 2. The molecule has 0 aromatic heterocycles. The van der Waals surface area contributed by atoms with Crippen molar-refractivity contribution < 1.29 is 36.7 Å². The number of sulfonamides is 1. The van der Waals surface area contributed by atoms with E-state index in [9.17, 15) is 22.8 Å². The van der Waals surface area contributed by atoms with Crippen LogP contribution in [0.5, 0.6) is 0 Å². The molecule has 47 heavy (non-hydrogen) atoms. The molecular formula is C34H45FN4O7S. The van der Waals surface area contributed by atoms with E-state index in [0.29, 0.717) is 56.1 Å². The quantitative estimate of drug-likeness (QED) is 0.349. The van der Waals surface area contributed by atoms with Gasteiger partial charge in [0.05, 0.1) is 11.9 Å². The number of rotatable bonds is 7. The summed E-state index contributed by atoms with van der Waals surface area (Å²) in [6, 6.07) is 7.95. The minimum atomic E-state index is -3.56. The fraction of sp³-hybridized carbons (Fsp3) is 0.559. The first-order valence-electron chi connectivity index (χ1n) is 16.2. The second-order valence-electron chi connectivity index (χ2n) is 14.2. The summed E-state index contributed by atoms with van der Waals surface area (Å²) in [5, 5.41) is 5.70. The van der Waals surface area contributed by atoms with E-state index in [2.05, 4.69) is 22.3 Å². The second-order valence-corrected chi connectivity index (χ2v) is 16.0. The topological polar surface area (TPSA) is 143 Å². The van der Waals surface area contributed by atoms with Gasteiger partial charge in [-0.1, -0.05) is 25.8 Å². The molecule has 1 saturated carbocycles. The Kier molecular flexibility index (Phi) is 9.89. The smallest absolute Gasteiger partial charge is 0.414 e. The first-order valence-corrected chi connectivity index (χ1v) is 18.0. The Morgan fingerprint density at radius 1 is 1.04 bits per heavy atom. The molecule has 5 rings (SSSR count). The van der Waals surface area contributed by atoms with Gasteiger partial charge < -0.3 is 20.1 Å². The summed E-state index contributed by atoms with van der Waals surface area (Å²) < 4.78 is 53.2. The number of nitrogens with zero attached hydrogens (tertiary/aromatic N) is 1. The Bertz CT molecular complexity index is 1630. The Balaban J connectivity index is 1.43. The third-order valence-electron chi connectivity index (χ3n) is 9.21. The zero-order valence-corrected chi connectivity index (χ0v) is 28.5. The lowest BCUT2D eigenvalue weighted by atomic mass is 9.75. The maximum atomic E-state index is 16.1. The van der Waals surface area contributed by atoms with E-state index >= 15 is 4.39 Å². The standard InChI is InChI=1S/C34H45FN4O7S/c1-21-9-11-22(12-10-21)29(37-30(40)23-7-6-8-24(17-23)38-47(5,43)44)31(41)36-25-18-26(35)28-27(19-25)39(32(42)46-33(2,3)4)20-34(28)13-15-45-16-14-34/h6-8,17-19,21-22,29,38H,9-16,20H2,1-5H3,(H,36,41)(H,37,40)/t21?,22?,29-/m0/s1. The van der Waals surface area contributed by atoms with Crippen LogP contribution in [0.2, 0.25) is 0 Å². The number of hydrogen-bond donors (Lipinski definition) is 3. The predicted molar refractivity (Wildman–Crippen MR) is 178 cm³/mol.